The maximum absolute atomic E-state index is 5.59. The lowest BCUT2D eigenvalue weighted by Crippen LogP contribution is -1.97. The van der Waals surface area contributed by atoms with Gasteiger partial charge in [-0.1, -0.05) is 26.2 Å². The first-order valence-corrected chi connectivity index (χ1v) is 7.26. The summed E-state index contributed by atoms with van der Waals surface area (Å²) >= 11 is 1.75. The van der Waals surface area contributed by atoms with Crippen molar-refractivity contribution in [3.8, 4) is 0 Å². The van der Waals surface area contributed by atoms with E-state index in [0.717, 1.165) is 19.6 Å². The zero-order valence-corrected chi connectivity index (χ0v) is 11.1. The Morgan fingerprint density at radius 3 is 2.62 bits per heavy atom. The Kier molecular flexibility index (Phi) is 8.35. The lowest BCUT2D eigenvalue weighted by Gasteiger charge is -2.03. The zero-order valence-electron chi connectivity index (χ0n) is 10.3. The Morgan fingerprint density at radius 2 is 1.94 bits per heavy atom. The van der Waals surface area contributed by atoms with Crippen LogP contribution >= 0.6 is 11.3 Å². The molecular weight excluding hydrogens is 218 g/mol. The average molecular weight is 241 g/mol. The van der Waals surface area contributed by atoms with Crippen molar-refractivity contribution < 1.29 is 4.74 Å². The number of aryl methyl sites for hydroxylation is 1. The van der Waals surface area contributed by atoms with Crippen LogP contribution in [-0.4, -0.2) is 18.2 Å². The molecule has 0 radical (unpaired) electrons. The molecule has 1 aromatic heterocycles. The predicted molar refractivity (Wildman–Crippen MR) is 70.0 cm³/mol. The summed E-state index contributed by atoms with van der Waals surface area (Å²) in [6.07, 6.45) is 10.7. The van der Waals surface area contributed by atoms with E-state index < -0.39 is 0 Å². The van der Waals surface area contributed by atoms with Crippen LogP contribution in [0.25, 0.3) is 0 Å². The number of aromatic nitrogens is 1. The molecule has 0 aliphatic carbocycles. The molecule has 1 aromatic rings. The largest absolute Gasteiger partial charge is 0.381 e. The molecule has 0 aliphatic rings. The molecule has 3 heteroatoms. The first kappa shape index (κ1) is 13.7. The molecule has 0 saturated heterocycles. The molecule has 0 fully saturated rings. The van der Waals surface area contributed by atoms with Gasteiger partial charge in [-0.3, -0.25) is 4.98 Å². The maximum atomic E-state index is 5.59. The zero-order chi connectivity index (χ0) is 11.5. The van der Waals surface area contributed by atoms with Crippen molar-refractivity contribution in [3.05, 3.63) is 16.6 Å². The highest BCUT2D eigenvalue weighted by Gasteiger charge is 1.95. The quantitative estimate of drug-likeness (QED) is 0.576. The number of thiazole rings is 1. The van der Waals surface area contributed by atoms with Gasteiger partial charge in [-0.2, -0.15) is 0 Å². The summed E-state index contributed by atoms with van der Waals surface area (Å²) < 4.78 is 5.59. The minimum atomic E-state index is 0.922. The van der Waals surface area contributed by atoms with E-state index in [1.54, 1.807) is 11.3 Å². The monoisotopic (exact) mass is 241 g/mol. The van der Waals surface area contributed by atoms with Crippen molar-refractivity contribution in [2.24, 2.45) is 0 Å². The summed E-state index contributed by atoms with van der Waals surface area (Å²) in [6, 6.07) is 0. The Morgan fingerprint density at radius 1 is 1.12 bits per heavy atom. The number of hydrogen-bond acceptors (Lipinski definition) is 3. The number of ether oxygens (including phenoxy) is 1. The summed E-state index contributed by atoms with van der Waals surface area (Å²) in [5.74, 6) is 0. The third kappa shape index (κ3) is 6.96. The van der Waals surface area contributed by atoms with Crippen LogP contribution in [0.15, 0.2) is 11.7 Å². The van der Waals surface area contributed by atoms with Gasteiger partial charge in [0.25, 0.3) is 0 Å². The Bertz CT molecular complexity index is 236. The standard InChI is InChI=1S/C13H23NOS/c1-2-3-4-6-9-15-10-7-5-8-13-11-14-12-16-13/h11-12H,2-10H2,1H3. The van der Waals surface area contributed by atoms with Gasteiger partial charge in [0.1, 0.15) is 0 Å². The number of rotatable bonds is 10. The van der Waals surface area contributed by atoms with Gasteiger partial charge in [0.05, 0.1) is 5.51 Å². The minimum Gasteiger partial charge on any atom is -0.381 e. The van der Waals surface area contributed by atoms with Crippen molar-refractivity contribution in [3.63, 3.8) is 0 Å². The van der Waals surface area contributed by atoms with Gasteiger partial charge in [0.15, 0.2) is 0 Å². The van der Waals surface area contributed by atoms with E-state index in [-0.39, 0.29) is 0 Å². The molecule has 0 bridgehead atoms. The highest BCUT2D eigenvalue weighted by atomic mass is 32.1. The van der Waals surface area contributed by atoms with E-state index in [1.165, 1.54) is 43.4 Å². The lowest BCUT2D eigenvalue weighted by atomic mass is 10.2. The van der Waals surface area contributed by atoms with Crippen molar-refractivity contribution >= 4 is 11.3 Å². The van der Waals surface area contributed by atoms with E-state index >= 15 is 0 Å². The topological polar surface area (TPSA) is 22.1 Å². The van der Waals surface area contributed by atoms with Crippen LogP contribution in [0.2, 0.25) is 0 Å². The molecule has 0 aromatic carbocycles. The van der Waals surface area contributed by atoms with Crippen LogP contribution < -0.4 is 0 Å². The van der Waals surface area contributed by atoms with Crippen LogP contribution in [0.5, 0.6) is 0 Å². The molecule has 2 nitrogen and oxygen atoms in total. The highest BCUT2D eigenvalue weighted by molar-refractivity contribution is 7.09. The fraction of sp³-hybridized carbons (Fsp3) is 0.769. The van der Waals surface area contributed by atoms with Crippen molar-refractivity contribution in [2.75, 3.05) is 13.2 Å². The molecule has 0 spiro atoms. The van der Waals surface area contributed by atoms with E-state index in [9.17, 15) is 0 Å². The molecule has 1 rings (SSSR count). The fourth-order valence-corrected chi connectivity index (χ4v) is 2.24. The predicted octanol–water partition coefficient (Wildman–Crippen LogP) is 4.06. The van der Waals surface area contributed by atoms with Gasteiger partial charge in [0, 0.05) is 24.3 Å². The van der Waals surface area contributed by atoms with Crippen LogP contribution in [0, 0.1) is 0 Å². The van der Waals surface area contributed by atoms with Crippen LogP contribution in [-0.2, 0) is 11.2 Å². The van der Waals surface area contributed by atoms with Gasteiger partial charge in [-0.05, 0) is 25.7 Å². The fourth-order valence-electron chi connectivity index (χ4n) is 1.60. The Hall–Kier alpha value is -0.410. The van der Waals surface area contributed by atoms with Gasteiger partial charge in [-0.25, -0.2) is 0 Å². The first-order valence-electron chi connectivity index (χ1n) is 6.38. The van der Waals surface area contributed by atoms with Gasteiger partial charge in [0.2, 0.25) is 0 Å². The first-order chi connectivity index (χ1) is 7.93. The van der Waals surface area contributed by atoms with Crippen molar-refractivity contribution in [1.82, 2.24) is 4.98 Å². The van der Waals surface area contributed by atoms with Crippen LogP contribution in [0.4, 0.5) is 0 Å². The molecule has 0 aliphatic heterocycles. The van der Waals surface area contributed by atoms with Gasteiger partial charge < -0.3 is 4.74 Å². The van der Waals surface area contributed by atoms with Crippen molar-refractivity contribution in [1.29, 1.82) is 0 Å². The normalized spacial score (nSPS) is 10.8. The average Bonchev–Trinajstić information content (AvgIpc) is 2.80. The molecule has 1 heterocycles. The number of unbranched alkanes of at least 4 members (excludes halogenated alkanes) is 4. The summed E-state index contributed by atoms with van der Waals surface area (Å²) in [5, 5.41) is 0. The van der Waals surface area contributed by atoms with Gasteiger partial charge in [-0.15, -0.1) is 11.3 Å². The Balaban J connectivity index is 1.78. The molecular formula is C13H23NOS. The van der Waals surface area contributed by atoms with E-state index in [0.29, 0.717) is 0 Å². The van der Waals surface area contributed by atoms with Crippen LogP contribution in [0.1, 0.15) is 50.3 Å². The van der Waals surface area contributed by atoms with Crippen LogP contribution in [0.3, 0.4) is 0 Å². The second kappa shape index (κ2) is 9.79. The molecule has 0 amide bonds. The number of hydrogen-bond donors (Lipinski definition) is 0. The second-order valence-corrected chi connectivity index (χ2v) is 5.07. The molecule has 0 N–H and O–H groups in total. The Labute approximate surface area is 103 Å². The third-order valence-corrected chi connectivity index (χ3v) is 3.43. The maximum Gasteiger partial charge on any atom is 0.0794 e. The molecule has 0 unspecified atom stereocenters. The third-order valence-electron chi connectivity index (χ3n) is 2.59. The molecule has 16 heavy (non-hydrogen) atoms. The molecule has 92 valence electrons. The molecule has 0 atom stereocenters. The van der Waals surface area contributed by atoms with E-state index in [4.69, 9.17) is 4.74 Å². The SMILES string of the molecule is CCCCCCOCCCCc1cncs1. The minimum absolute atomic E-state index is 0.922. The van der Waals surface area contributed by atoms with Crippen molar-refractivity contribution in [2.45, 2.75) is 51.9 Å². The summed E-state index contributed by atoms with van der Waals surface area (Å²) in [7, 11) is 0. The lowest BCUT2D eigenvalue weighted by molar-refractivity contribution is 0.126. The number of nitrogens with zero attached hydrogens (tertiary/aromatic N) is 1. The smallest absolute Gasteiger partial charge is 0.0794 e. The van der Waals surface area contributed by atoms with E-state index in [1.807, 2.05) is 11.7 Å². The second-order valence-electron chi connectivity index (χ2n) is 4.10. The van der Waals surface area contributed by atoms with E-state index in [2.05, 4.69) is 11.9 Å². The summed E-state index contributed by atoms with van der Waals surface area (Å²) in [6.45, 7) is 4.10. The summed E-state index contributed by atoms with van der Waals surface area (Å²) in [5.41, 5.74) is 1.90. The van der Waals surface area contributed by atoms with Gasteiger partial charge >= 0.3 is 0 Å². The highest BCUT2D eigenvalue weighted by Crippen LogP contribution is 2.09. The summed E-state index contributed by atoms with van der Waals surface area (Å²) in [4.78, 5) is 5.46. The molecule has 0 saturated carbocycles.